The molecule has 1 aromatic carbocycles. The number of methoxy groups -OCH3 is 1. The predicted octanol–water partition coefficient (Wildman–Crippen LogP) is 7.44. The molecular weight excluding hydrogens is 857 g/mol. The highest BCUT2D eigenvalue weighted by molar-refractivity contribution is 7.91. The number of ether oxygens (including phenoxy) is 2. The zero-order valence-electron chi connectivity index (χ0n) is 38.7. The topological polar surface area (TPSA) is 197 Å². The molecule has 2 aromatic heterocycles. The zero-order valence-corrected chi connectivity index (χ0v) is 40.3. The summed E-state index contributed by atoms with van der Waals surface area (Å²) in [5.74, 6) is -1.93. The van der Waals surface area contributed by atoms with Gasteiger partial charge >= 0.3 is 6.09 Å². The number of thiazole rings is 1. The van der Waals surface area contributed by atoms with Gasteiger partial charge in [-0.2, -0.15) is 0 Å². The van der Waals surface area contributed by atoms with Crippen LogP contribution in [0.2, 0.25) is 0 Å². The van der Waals surface area contributed by atoms with Crippen molar-refractivity contribution in [1.82, 2.24) is 29.8 Å². The first kappa shape index (κ1) is 47.2. The lowest BCUT2D eigenvalue weighted by Gasteiger charge is -2.44. The number of carboxylic acid groups (broad SMARTS) is 1. The van der Waals surface area contributed by atoms with E-state index >= 15 is 4.79 Å². The van der Waals surface area contributed by atoms with Gasteiger partial charge in [-0.05, 0) is 96.3 Å². The first-order valence-corrected chi connectivity index (χ1v) is 24.8. The number of benzene rings is 1. The Labute approximate surface area is 380 Å². The average Bonchev–Trinajstić information content (AvgIpc) is 3.99. The molecule has 2 aliphatic heterocycles. The number of carbonyl (C=O) groups excluding carboxylic acids is 3. The van der Waals surface area contributed by atoms with E-state index in [4.69, 9.17) is 19.4 Å². The fourth-order valence-electron chi connectivity index (χ4n) is 9.24. The molecule has 3 fully saturated rings. The number of hydrogen-bond donors (Lipinski definition) is 3. The van der Waals surface area contributed by atoms with Crippen molar-refractivity contribution in [3.63, 3.8) is 0 Å². The highest BCUT2D eigenvalue weighted by Crippen LogP contribution is 2.48. The van der Waals surface area contributed by atoms with Crippen LogP contribution in [0.25, 0.3) is 21.3 Å². The normalized spacial score (nSPS) is 27.4. The second-order valence-electron chi connectivity index (χ2n) is 20.6. The van der Waals surface area contributed by atoms with E-state index < -0.39 is 79.7 Å². The van der Waals surface area contributed by atoms with Crippen LogP contribution in [0.1, 0.15) is 119 Å². The molecule has 15 nitrogen and oxygen atoms in total. The van der Waals surface area contributed by atoms with Crippen molar-refractivity contribution in [3.05, 3.63) is 47.6 Å². The van der Waals surface area contributed by atoms with Crippen LogP contribution in [-0.2, 0) is 29.8 Å². The van der Waals surface area contributed by atoms with Crippen molar-refractivity contribution in [3.8, 4) is 22.2 Å². The number of fused-ring (bicyclic) bond motifs is 3. The zero-order chi connectivity index (χ0) is 46.7. The Kier molecular flexibility index (Phi) is 12.7. The number of nitrogens with one attached hydrogen (secondary N) is 2. The van der Waals surface area contributed by atoms with Gasteiger partial charge in [-0.25, -0.2) is 23.2 Å². The number of carbonyl (C=O) groups is 4. The van der Waals surface area contributed by atoms with E-state index in [2.05, 4.69) is 37.7 Å². The Hall–Kier alpha value is -4.77. The maximum absolute atomic E-state index is 15.4. The number of allylic oxidation sites excluding steroid dienone is 1. The summed E-state index contributed by atoms with van der Waals surface area (Å²) < 4.78 is 40.3. The van der Waals surface area contributed by atoms with Crippen LogP contribution in [0.3, 0.4) is 0 Å². The van der Waals surface area contributed by atoms with E-state index in [1.165, 1.54) is 21.1 Å². The SMILES string of the molecule is CC[C@@H]1C[C@H](C)CCC=C[C@@H]2C[C@@]2(C(=O)NS(=O)(=O)C2(C)CC2)NC(=O)[C@@H]2C[C@@H](Oc3ncc(-c4nc(C(C)(C)C)cs4)c4cc(OC)ccc34)CN2C(=O)[C@H]1N(C(=O)O)C(C)(C)C. The van der Waals surface area contributed by atoms with Crippen LogP contribution >= 0.6 is 11.3 Å². The largest absolute Gasteiger partial charge is 0.497 e. The van der Waals surface area contributed by atoms with E-state index in [0.717, 1.165) is 28.1 Å². The summed E-state index contributed by atoms with van der Waals surface area (Å²) in [6, 6.07) is 3.18. The van der Waals surface area contributed by atoms with Crippen LogP contribution in [0, 0.1) is 17.8 Å². The van der Waals surface area contributed by atoms with Crippen LogP contribution in [-0.4, -0.2) is 105 Å². The fourth-order valence-corrected chi connectivity index (χ4v) is 11.6. The third-order valence-electron chi connectivity index (χ3n) is 13.6. The smallest absolute Gasteiger partial charge is 0.408 e. The molecule has 1 saturated heterocycles. The van der Waals surface area contributed by atoms with Crippen molar-refractivity contribution >= 4 is 55.9 Å². The summed E-state index contributed by atoms with van der Waals surface area (Å²) in [4.78, 5) is 70.1. The molecule has 2 saturated carbocycles. The fraction of sp³-hybridized carbons (Fsp3) is 0.617. The third kappa shape index (κ3) is 9.20. The standard InChI is InChI=1S/C47H64N6O9S2/c1-11-28-20-27(2)14-12-13-15-29-23-47(29,42(56)51-64(59,60)46(9)18-19-46)50-38(54)35-22-31(25-52(35)41(55)37(28)53(43(57)58)45(6,7)8)62-39-32-17-16-30(61-10)21-33(32)34(24-48-39)40-49-36(26-63-40)44(3,4)5/h13,15-17,21,24,26-29,31,35,37H,11-12,14,18-20,22-23,25H2,1-10H3,(H,50,54)(H,51,56)(H,57,58)/t27-,28-,29-,31-,35+,37+,47-/m1/s1. The lowest BCUT2D eigenvalue weighted by atomic mass is 9.82. The minimum atomic E-state index is -4.04. The molecule has 4 aliphatic rings. The number of sulfonamides is 1. The van der Waals surface area contributed by atoms with Gasteiger partial charge in [-0.1, -0.05) is 53.2 Å². The van der Waals surface area contributed by atoms with Gasteiger partial charge in [0.05, 0.1) is 24.1 Å². The van der Waals surface area contributed by atoms with Crippen LogP contribution < -0.4 is 19.5 Å². The Balaban J connectivity index is 1.29. The quantitative estimate of drug-likeness (QED) is 0.181. The minimum absolute atomic E-state index is 0.0167. The number of nitrogens with zero attached hydrogens (tertiary/aromatic N) is 4. The van der Waals surface area contributed by atoms with Gasteiger partial charge < -0.3 is 24.8 Å². The first-order chi connectivity index (χ1) is 29.9. The van der Waals surface area contributed by atoms with E-state index in [9.17, 15) is 27.9 Å². The van der Waals surface area contributed by atoms with Crippen LogP contribution in [0.15, 0.2) is 41.9 Å². The van der Waals surface area contributed by atoms with Gasteiger partial charge in [0, 0.05) is 51.2 Å². The van der Waals surface area contributed by atoms with Crippen molar-refractivity contribution < 1.29 is 42.2 Å². The number of pyridine rings is 1. The second kappa shape index (κ2) is 17.2. The molecular formula is C47H64N6O9S2. The molecule has 4 amide bonds. The van der Waals surface area contributed by atoms with E-state index in [1.807, 2.05) is 36.6 Å². The van der Waals surface area contributed by atoms with Crippen molar-refractivity contribution in [2.24, 2.45) is 17.8 Å². The predicted molar refractivity (Wildman–Crippen MR) is 246 cm³/mol. The molecule has 0 radical (unpaired) electrons. The molecule has 4 heterocycles. The molecule has 7 rings (SSSR count). The number of amides is 4. The lowest BCUT2D eigenvalue weighted by Crippen LogP contribution is -2.62. The highest BCUT2D eigenvalue weighted by atomic mass is 32.2. The second-order valence-corrected chi connectivity index (χ2v) is 23.7. The highest BCUT2D eigenvalue weighted by Gasteiger charge is 2.63. The summed E-state index contributed by atoms with van der Waals surface area (Å²) in [7, 11) is -2.46. The first-order valence-electron chi connectivity index (χ1n) is 22.4. The van der Waals surface area contributed by atoms with E-state index in [1.54, 1.807) is 47.1 Å². The summed E-state index contributed by atoms with van der Waals surface area (Å²) in [6.45, 7) is 17.1. The minimum Gasteiger partial charge on any atom is -0.497 e. The summed E-state index contributed by atoms with van der Waals surface area (Å²) in [5, 5.41) is 18.0. The Morgan fingerprint density at radius 2 is 1.83 bits per heavy atom. The van der Waals surface area contributed by atoms with Gasteiger partial charge in [0.15, 0.2) is 0 Å². The average molecular weight is 921 g/mol. The molecule has 64 heavy (non-hydrogen) atoms. The lowest BCUT2D eigenvalue weighted by molar-refractivity contribution is -0.146. The summed E-state index contributed by atoms with van der Waals surface area (Å²) in [5.41, 5.74) is -1.02. The van der Waals surface area contributed by atoms with Crippen molar-refractivity contribution in [2.75, 3.05) is 13.7 Å². The van der Waals surface area contributed by atoms with Gasteiger partial charge in [0.25, 0.3) is 5.91 Å². The number of aromatic nitrogens is 2. The van der Waals surface area contributed by atoms with Gasteiger partial charge in [-0.3, -0.25) is 24.0 Å². The third-order valence-corrected chi connectivity index (χ3v) is 16.7. The van der Waals surface area contributed by atoms with Crippen molar-refractivity contribution in [1.29, 1.82) is 0 Å². The van der Waals surface area contributed by atoms with Crippen LogP contribution in [0.5, 0.6) is 11.6 Å². The molecule has 0 spiro atoms. The van der Waals surface area contributed by atoms with Crippen molar-refractivity contribution in [2.45, 2.75) is 153 Å². The van der Waals surface area contributed by atoms with E-state index in [0.29, 0.717) is 43.2 Å². The summed E-state index contributed by atoms with van der Waals surface area (Å²) >= 11 is 1.51. The molecule has 7 atom stereocenters. The molecule has 17 heteroatoms. The molecule has 0 unspecified atom stereocenters. The number of hydrogen-bond acceptors (Lipinski definition) is 11. The van der Waals surface area contributed by atoms with Gasteiger partial charge in [0.2, 0.25) is 27.7 Å². The van der Waals surface area contributed by atoms with Crippen LogP contribution in [0.4, 0.5) is 4.79 Å². The summed E-state index contributed by atoms with van der Waals surface area (Å²) in [6.07, 6.45) is 6.90. The van der Waals surface area contributed by atoms with E-state index in [-0.39, 0.29) is 36.6 Å². The number of rotatable bonds is 9. The maximum Gasteiger partial charge on any atom is 0.408 e. The molecule has 348 valence electrons. The monoisotopic (exact) mass is 920 g/mol. The molecule has 3 N–H and O–H groups in total. The maximum atomic E-state index is 15.4. The van der Waals surface area contributed by atoms with Gasteiger partial charge in [-0.15, -0.1) is 11.3 Å². The van der Waals surface area contributed by atoms with Gasteiger partial charge in [0.1, 0.15) is 34.5 Å². The molecule has 0 bridgehead atoms. The Morgan fingerprint density at radius 3 is 2.44 bits per heavy atom. The Morgan fingerprint density at radius 1 is 1.11 bits per heavy atom. The molecule has 3 aromatic rings. The molecule has 2 aliphatic carbocycles. The Bertz CT molecular complexity index is 2450.